The van der Waals surface area contributed by atoms with Gasteiger partial charge in [0, 0.05) is 12.2 Å². The molecule has 30 heavy (non-hydrogen) atoms. The molecule has 1 saturated heterocycles. The van der Waals surface area contributed by atoms with E-state index in [0.29, 0.717) is 18.9 Å². The van der Waals surface area contributed by atoms with Crippen molar-refractivity contribution in [1.82, 2.24) is 25.1 Å². The number of nitrogens with one attached hydrogen (secondary N) is 2. The number of benzene rings is 1. The first kappa shape index (κ1) is 18.8. The van der Waals surface area contributed by atoms with Gasteiger partial charge in [-0.1, -0.05) is 24.3 Å². The normalized spacial score (nSPS) is 23.6. The zero-order valence-corrected chi connectivity index (χ0v) is 16.9. The monoisotopic (exact) mass is 407 g/mol. The molecule has 5 rings (SSSR count). The van der Waals surface area contributed by atoms with Crippen molar-refractivity contribution in [2.24, 2.45) is 5.92 Å². The number of aromatic amines is 1. The summed E-state index contributed by atoms with van der Waals surface area (Å²) in [6, 6.07) is 7.25. The molecule has 2 atom stereocenters. The van der Waals surface area contributed by atoms with Crippen LogP contribution < -0.4 is 5.32 Å². The van der Waals surface area contributed by atoms with Crippen LogP contribution in [0.2, 0.25) is 0 Å². The van der Waals surface area contributed by atoms with Gasteiger partial charge < -0.3 is 15.2 Å². The summed E-state index contributed by atoms with van der Waals surface area (Å²) >= 11 is 0. The van der Waals surface area contributed by atoms with Gasteiger partial charge >= 0.3 is 6.03 Å². The van der Waals surface area contributed by atoms with Crippen molar-refractivity contribution >= 4 is 17.8 Å². The Morgan fingerprint density at radius 3 is 2.87 bits per heavy atom. The quantitative estimate of drug-likeness (QED) is 0.715. The highest BCUT2D eigenvalue weighted by Gasteiger charge is 2.55. The van der Waals surface area contributed by atoms with Crippen LogP contribution >= 0.6 is 0 Å². The van der Waals surface area contributed by atoms with Gasteiger partial charge in [-0.2, -0.15) is 0 Å². The second-order valence-electron chi connectivity index (χ2n) is 8.56. The molecular weight excluding hydrogens is 382 g/mol. The minimum Gasteiger partial charge on any atom is -0.347 e. The van der Waals surface area contributed by atoms with Crippen molar-refractivity contribution < 1.29 is 14.4 Å². The van der Waals surface area contributed by atoms with E-state index in [-0.39, 0.29) is 24.4 Å². The molecule has 0 bridgehead atoms. The van der Waals surface area contributed by atoms with Crippen molar-refractivity contribution in [3.8, 4) is 0 Å². The van der Waals surface area contributed by atoms with Gasteiger partial charge in [-0.05, 0) is 49.7 Å². The van der Waals surface area contributed by atoms with Crippen molar-refractivity contribution in [3.63, 3.8) is 0 Å². The average molecular weight is 407 g/mol. The van der Waals surface area contributed by atoms with Gasteiger partial charge in [0.1, 0.15) is 12.1 Å². The van der Waals surface area contributed by atoms with Gasteiger partial charge in [-0.3, -0.25) is 14.5 Å². The lowest BCUT2D eigenvalue weighted by atomic mass is 9.92. The summed E-state index contributed by atoms with van der Waals surface area (Å²) in [6.07, 6.45) is 6.72. The van der Waals surface area contributed by atoms with Crippen LogP contribution in [-0.2, 0) is 28.1 Å². The predicted octanol–water partition coefficient (Wildman–Crippen LogP) is 1.93. The molecule has 4 amide bonds. The van der Waals surface area contributed by atoms with Crippen LogP contribution in [0, 0.1) is 5.92 Å². The van der Waals surface area contributed by atoms with E-state index < -0.39 is 11.6 Å². The molecule has 2 aromatic rings. The van der Waals surface area contributed by atoms with E-state index in [1.165, 1.54) is 0 Å². The molecule has 1 aliphatic heterocycles. The first-order valence-electron chi connectivity index (χ1n) is 10.5. The van der Waals surface area contributed by atoms with Crippen LogP contribution in [0.15, 0.2) is 36.8 Å². The fraction of sp³-hybridized carbons (Fsp3) is 0.455. The van der Waals surface area contributed by atoms with Crippen LogP contribution in [0.25, 0.3) is 0 Å². The number of H-pyrrole nitrogens is 1. The standard InChI is InChI=1S/C22H25N5O3/c1-14(15-6-7-15)26(11-17-10-23-13-24-17)19(28)12-27-20(29)22(25-21(27)30)9-8-16-4-2-3-5-18(16)22/h2-5,10,13-15H,6-9,11-12H2,1H3,(H,23,24)(H,25,30). The molecule has 1 aromatic carbocycles. The maximum atomic E-state index is 13.3. The first-order valence-corrected chi connectivity index (χ1v) is 10.5. The van der Waals surface area contributed by atoms with E-state index in [2.05, 4.69) is 15.3 Å². The highest BCUT2D eigenvalue weighted by atomic mass is 16.2. The summed E-state index contributed by atoms with van der Waals surface area (Å²) in [4.78, 5) is 49.3. The molecule has 3 aliphatic rings. The number of hydrogen-bond donors (Lipinski definition) is 2. The molecule has 1 aromatic heterocycles. The number of aromatic nitrogens is 2. The lowest BCUT2D eigenvalue weighted by Crippen LogP contribution is -2.47. The number of imide groups is 1. The van der Waals surface area contributed by atoms with Crippen LogP contribution in [-0.4, -0.2) is 50.2 Å². The topological polar surface area (TPSA) is 98.4 Å². The van der Waals surface area contributed by atoms with E-state index >= 15 is 0 Å². The number of carbonyl (C=O) groups is 3. The fourth-order valence-corrected chi connectivity index (χ4v) is 4.81. The SMILES string of the molecule is CC(C1CC1)N(Cc1cnc[nH]1)C(=O)CN1C(=O)NC2(CCc3ccccc32)C1=O. The van der Waals surface area contributed by atoms with Crippen LogP contribution in [0.3, 0.4) is 0 Å². The van der Waals surface area contributed by atoms with E-state index in [9.17, 15) is 14.4 Å². The summed E-state index contributed by atoms with van der Waals surface area (Å²) in [6.45, 7) is 2.17. The fourth-order valence-electron chi connectivity index (χ4n) is 4.81. The Labute approximate surface area is 174 Å². The minimum absolute atomic E-state index is 0.0442. The minimum atomic E-state index is -1.04. The molecule has 0 radical (unpaired) electrons. The highest BCUT2D eigenvalue weighted by Crippen LogP contribution is 2.41. The molecular formula is C22H25N5O3. The molecule has 8 heteroatoms. The molecule has 2 N–H and O–H groups in total. The number of nitrogens with zero attached hydrogens (tertiary/aromatic N) is 3. The van der Waals surface area contributed by atoms with E-state index in [0.717, 1.165) is 41.0 Å². The zero-order chi connectivity index (χ0) is 20.9. The Hall–Kier alpha value is -3.16. The van der Waals surface area contributed by atoms with Crippen LogP contribution in [0.4, 0.5) is 4.79 Å². The zero-order valence-electron chi connectivity index (χ0n) is 16.9. The van der Waals surface area contributed by atoms with Gasteiger partial charge in [0.25, 0.3) is 5.91 Å². The van der Waals surface area contributed by atoms with E-state index in [4.69, 9.17) is 0 Å². The number of rotatable bonds is 6. The highest BCUT2D eigenvalue weighted by molar-refractivity contribution is 6.09. The number of urea groups is 1. The lowest BCUT2D eigenvalue weighted by molar-refractivity contribution is -0.141. The van der Waals surface area contributed by atoms with Gasteiger partial charge in [-0.15, -0.1) is 0 Å². The third-order valence-corrected chi connectivity index (χ3v) is 6.73. The summed E-state index contributed by atoms with van der Waals surface area (Å²) in [5.74, 6) is -0.0878. The molecule has 2 heterocycles. The van der Waals surface area contributed by atoms with Crippen molar-refractivity contribution in [3.05, 3.63) is 53.6 Å². The van der Waals surface area contributed by atoms with E-state index in [1.807, 2.05) is 31.2 Å². The van der Waals surface area contributed by atoms with Gasteiger partial charge in [0.2, 0.25) is 5.91 Å². The number of imidazole rings is 1. The van der Waals surface area contributed by atoms with Crippen molar-refractivity contribution in [2.75, 3.05) is 6.54 Å². The molecule has 156 valence electrons. The Morgan fingerprint density at radius 1 is 1.33 bits per heavy atom. The molecule has 1 spiro atoms. The molecule has 8 nitrogen and oxygen atoms in total. The average Bonchev–Trinajstić information content (AvgIpc) is 3.27. The Kier molecular flexibility index (Phi) is 4.38. The Morgan fingerprint density at radius 2 is 2.13 bits per heavy atom. The Balaban J connectivity index is 1.37. The molecule has 2 fully saturated rings. The maximum absolute atomic E-state index is 13.3. The smallest absolute Gasteiger partial charge is 0.325 e. The van der Waals surface area contributed by atoms with Crippen molar-refractivity contribution in [1.29, 1.82) is 0 Å². The second kappa shape index (κ2) is 6.97. The third kappa shape index (κ3) is 2.98. The van der Waals surface area contributed by atoms with Gasteiger partial charge in [-0.25, -0.2) is 9.78 Å². The first-order chi connectivity index (χ1) is 14.5. The van der Waals surface area contributed by atoms with Crippen LogP contribution in [0.1, 0.15) is 43.0 Å². The van der Waals surface area contributed by atoms with E-state index in [1.54, 1.807) is 17.4 Å². The maximum Gasteiger partial charge on any atom is 0.325 e. The van der Waals surface area contributed by atoms with Crippen LogP contribution in [0.5, 0.6) is 0 Å². The van der Waals surface area contributed by atoms with Gasteiger partial charge in [0.05, 0.1) is 18.6 Å². The number of amides is 4. The largest absolute Gasteiger partial charge is 0.347 e. The molecule has 1 saturated carbocycles. The number of carbonyl (C=O) groups excluding carboxylic acids is 3. The summed E-state index contributed by atoms with van der Waals surface area (Å²) in [5, 5.41) is 2.89. The lowest BCUT2D eigenvalue weighted by Gasteiger charge is -2.30. The van der Waals surface area contributed by atoms with Gasteiger partial charge in [0.15, 0.2) is 0 Å². The Bertz CT molecular complexity index is 1000. The third-order valence-electron chi connectivity index (χ3n) is 6.73. The summed E-state index contributed by atoms with van der Waals surface area (Å²) < 4.78 is 0. The number of fused-ring (bicyclic) bond motifs is 2. The number of aryl methyl sites for hydroxylation is 1. The number of hydrogen-bond acceptors (Lipinski definition) is 4. The predicted molar refractivity (Wildman–Crippen MR) is 108 cm³/mol. The summed E-state index contributed by atoms with van der Waals surface area (Å²) in [7, 11) is 0. The molecule has 2 unspecified atom stereocenters. The second-order valence-corrected chi connectivity index (χ2v) is 8.56. The summed E-state index contributed by atoms with van der Waals surface area (Å²) in [5.41, 5.74) is 1.71. The van der Waals surface area contributed by atoms with Crippen molar-refractivity contribution in [2.45, 2.75) is 50.7 Å². The molecule has 2 aliphatic carbocycles.